The van der Waals surface area contributed by atoms with E-state index in [4.69, 9.17) is 9.47 Å². The van der Waals surface area contributed by atoms with Gasteiger partial charge in [-0.25, -0.2) is 0 Å². The number of ether oxygens (including phenoxy) is 2. The van der Waals surface area contributed by atoms with Crippen molar-refractivity contribution in [3.05, 3.63) is 59.7 Å². The Morgan fingerprint density at radius 2 is 1.78 bits per heavy atom. The number of methoxy groups -OCH3 is 2. The highest BCUT2D eigenvalue weighted by atomic mass is 16.5. The summed E-state index contributed by atoms with van der Waals surface area (Å²) in [5, 5.41) is 0. The van der Waals surface area contributed by atoms with E-state index in [0.29, 0.717) is 25.3 Å². The van der Waals surface area contributed by atoms with E-state index in [2.05, 4.69) is 0 Å². The van der Waals surface area contributed by atoms with E-state index in [1.165, 1.54) is 0 Å². The number of nitrogens with zero attached hydrogens (tertiary/aromatic N) is 1. The Morgan fingerprint density at radius 3 is 2.39 bits per heavy atom. The number of amides is 1. The average Bonchev–Trinajstić information content (AvgIpc) is 2.60. The topological polar surface area (TPSA) is 38.8 Å². The predicted molar refractivity (Wildman–Crippen MR) is 90.8 cm³/mol. The zero-order valence-corrected chi connectivity index (χ0v) is 13.9. The summed E-state index contributed by atoms with van der Waals surface area (Å²) in [6.07, 6.45) is 0.293. The van der Waals surface area contributed by atoms with E-state index < -0.39 is 0 Å². The zero-order chi connectivity index (χ0) is 16.7. The molecule has 2 aromatic rings. The maximum Gasteiger partial charge on any atom is 0.227 e. The molecule has 0 saturated carbocycles. The molecule has 0 aromatic heterocycles. The summed E-state index contributed by atoms with van der Waals surface area (Å²) < 4.78 is 10.6. The number of carbonyl (C=O) groups is 1. The van der Waals surface area contributed by atoms with Gasteiger partial charge in [-0.3, -0.25) is 4.79 Å². The number of rotatable bonds is 7. The smallest absolute Gasteiger partial charge is 0.227 e. The third-order valence-corrected chi connectivity index (χ3v) is 3.78. The fourth-order valence-electron chi connectivity index (χ4n) is 2.47. The van der Waals surface area contributed by atoms with Gasteiger partial charge in [-0.2, -0.15) is 0 Å². The second kappa shape index (κ2) is 8.22. The van der Waals surface area contributed by atoms with Crippen LogP contribution in [0.1, 0.15) is 18.1 Å². The lowest BCUT2D eigenvalue weighted by Crippen LogP contribution is -2.31. The summed E-state index contributed by atoms with van der Waals surface area (Å²) in [4.78, 5) is 14.5. The molecule has 0 atom stereocenters. The first-order chi connectivity index (χ1) is 11.2. The quantitative estimate of drug-likeness (QED) is 0.787. The van der Waals surface area contributed by atoms with Gasteiger partial charge >= 0.3 is 0 Å². The molecule has 2 aromatic carbocycles. The van der Waals surface area contributed by atoms with Crippen LogP contribution in [-0.2, 0) is 17.8 Å². The Bertz CT molecular complexity index is 640. The number of benzene rings is 2. The molecule has 122 valence electrons. The average molecular weight is 313 g/mol. The van der Waals surface area contributed by atoms with E-state index in [9.17, 15) is 4.79 Å². The van der Waals surface area contributed by atoms with Crippen LogP contribution in [0.3, 0.4) is 0 Å². The van der Waals surface area contributed by atoms with Crippen molar-refractivity contribution in [3.8, 4) is 11.5 Å². The predicted octanol–water partition coefficient (Wildman–Crippen LogP) is 3.30. The molecule has 23 heavy (non-hydrogen) atoms. The summed E-state index contributed by atoms with van der Waals surface area (Å²) in [6.45, 7) is 3.27. The molecule has 0 heterocycles. The molecule has 4 nitrogen and oxygen atoms in total. The third kappa shape index (κ3) is 4.49. The highest BCUT2D eigenvalue weighted by Crippen LogP contribution is 2.25. The highest BCUT2D eigenvalue weighted by Gasteiger charge is 2.16. The molecular weight excluding hydrogens is 290 g/mol. The van der Waals surface area contributed by atoms with Crippen LogP contribution in [0.2, 0.25) is 0 Å². The van der Waals surface area contributed by atoms with Crippen molar-refractivity contribution >= 4 is 5.91 Å². The van der Waals surface area contributed by atoms with Gasteiger partial charge in [0.1, 0.15) is 11.5 Å². The van der Waals surface area contributed by atoms with Crippen molar-refractivity contribution in [1.82, 2.24) is 4.90 Å². The zero-order valence-electron chi connectivity index (χ0n) is 13.9. The van der Waals surface area contributed by atoms with E-state index in [1.807, 2.05) is 60.4 Å². The molecule has 0 radical (unpaired) electrons. The number of carbonyl (C=O) groups excluding carboxylic acids is 1. The molecule has 0 N–H and O–H groups in total. The van der Waals surface area contributed by atoms with Gasteiger partial charge in [0, 0.05) is 18.7 Å². The summed E-state index contributed by atoms with van der Waals surface area (Å²) in [5.74, 6) is 1.50. The monoisotopic (exact) mass is 313 g/mol. The maximum absolute atomic E-state index is 12.6. The molecule has 4 heteroatoms. The van der Waals surface area contributed by atoms with Crippen molar-refractivity contribution in [2.45, 2.75) is 19.9 Å². The second-order valence-corrected chi connectivity index (χ2v) is 5.25. The van der Waals surface area contributed by atoms with Crippen LogP contribution in [0.5, 0.6) is 11.5 Å². The van der Waals surface area contributed by atoms with Crippen LogP contribution in [0, 0.1) is 0 Å². The van der Waals surface area contributed by atoms with Gasteiger partial charge in [-0.1, -0.05) is 30.3 Å². The van der Waals surface area contributed by atoms with Crippen molar-refractivity contribution in [3.63, 3.8) is 0 Å². The largest absolute Gasteiger partial charge is 0.497 e. The second-order valence-electron chi connectivity index (χ2n) is 5.25. The van der Waals surface area contributed by atoms with E-state index in [0.717, 1.165) is 16.9 Å². The number of hydrogen-bond donors (Lipinski definition) is 0. The molecule has 0 aliphatic carbocycles. The molecule has 0 unspecified atom stereocenters. The molecule has 0 bridgehead atoms. The minimum Gasteiger partial charge on any atom is -0.497 e. The first-order valence-electron chi connectivity index (χ1n) is 7.70. The van der Waals surface area contributed by atoms with Crippen molar-refractivity contribution in [2.24, 2.45) is 0 Å². The Hall–Kier alpha value is -2.49. The summed E-state index contributed by atoms with van der Waals surface area (Å²) in [6, 6.07) is 15.5. The lowest BCUT2D eigenvalue weighted by Gasteiger charge is -2.22. The van der Waals surface area contributed by atoms with Crippen LogP contribution >= 0.6 is 0 Å². The fraction of sp³-hybridized carbons (Fsp3) is 0.316. The van der Waals surface area contributed by atoms with Crippen LogP contribution in [0.25, 0.3) is 0 Å². The lowest BCUT2D eigenvalue weighted by atomic mass is 10.1. The van der Waals surface area contributed by atoms with E-state index in [-0.39, 0.29) is 5.91 Å². The maximum atomic E-state index is 12.6. The van der Waals surface area contributed by atoms with Crippen LogP contribution in [-0.4, -0.2) is 31.6 Å². The summed E-state index contributed by atoms with van der Waals surface area (Å²) in [5.41, 5.74) is 1.96. The SMILES string of the molecule is CCN(Cc1ccccc1)C(=O)Cc1cc(OC)ccc1OC. The molecule has 0 saturated heterocycles. The first kappa shape index (κ1) is 16.9. The standard InChI is InChI=1S/C19H23NO3/c1-4-20(14-15-8-6-5-7-9-15)19(21)13-16-12-17(22-2)10-11-18(16)23-3/h5-12H,4,13-14H2,1-3H3. The van der Waals surface area contributed by atoms with Gasteiger partial charge in [-0.05, 0) is 30.7 Å². The Morgan fingerprint density at radius 1 is 1.04 bits per heavy atom. The molecular formula is C19H23NO3. The van der Waals surface area contributed by atoms with Crippen LogP contribution in [0.4, 0.5) is 0 Å². The Kier molecular flexibility index (Phi) is 6.03. The van der Waals surface area contributed by atoms with E-state index >= 15 is 0 Å². The molecule has 0 aliphatic rings. The third-order valence-electron chi connectivity index (χ3n) is 3.78. The van der Waals surface area contributed by atoms with E-state index in [1.54, 1.807) is 14.2 Å². The van der Waals surface area contributed by atoms with Gasteiger partial charge in [0.2, 0.25) is 5.91 Å². The number of likely N-dealkylation sites (N-methyl/N-ethyl adjacent to an activating group) is 1. The molecule has 2 rings (SSSR count). The summed E-state index contributed by atoms with van der Waals surface area (Å²) in [7, 11) is 3.22. The molecule has 0 fully saturated rings. The van der Waals surface area contributed by atoms with Gasteiger partial charge in [0.15, 0.2) is 0 Å². The van der Waals surface area contributed by atoms with Crippen LogP contribution < -0.4 is 9.47 Å². The van der Waals surface area contributed by atoms with Gasteiger partial charge in [0.25, 0.3) is 0 Å². The minimum atomic E-state index is 0.0721. The summed E-state index contributed by atoms with van der Waals surface area (Å²) >= 11 is 0. The fourth-order valence-corrected chi connectivity index (χ4v) is 2.47. The number of hydrogen-bond acceptors (Lipinski definition) is 3. The normalized spacial score (nSPS) is 10.2. The highest BCUT2D eigenvalue weighted by molar-refractivity contribution is 5.79. The lowest BCUT2D eigenvalue weighted by molar-refractivity contribution is -0.130. The van der Waals surface area contributed by atoms with Crippen molar-refractivity contribution in [2.75, 3.05) is 20.8 Å². The van der Waals surface area contributed by atoms with Crippen LogP contribution in [0.15, 0.2) is 48.5 Å². The van der Waals surface area contributed by atoms with Gasteiger partial charge in [0.05, 0.1) is 20.6 Å². The molecule has 0 aliphatic heterocycles. The molecule has 0 spiro atoms. The molecule has 1 amide bonds. The minimum absolute atomic E-state index is 0.0721. The van der Waals surface area contributed by atoms with Crippen molar-refractivity contribution in [1.29, 1.82) is 0 Å². The van der Waals surface area contributed by atoms with Crippen molar-refractivity contribution < 1.29 is 14.3 Å². The van der Waals surface area contributed by atoms with Gasteiger partial charge < -0.3 is 14.4 Å². The Labute approximate surface area is 137 Å². The Balaban J connectivity index is 2.13. The first-order valence-corrected chi connectivity index (χ1v) is 7.70. The van der Waals surface area contributed by atoms with Gasteiger partial charge in [-0.15, -0.1) is 0 Å².